The Morgan fingerprint density at radius 3 is 2.42 bits per heavy atom. The highest BCUT2D eigenvalue weighted by Gasteiger charge is 2.56. The maximum Gasteiger partial charge on any atom is 0.178 e. The molecule has 1 saturated carbocycles. The fourth-order valence-electron chi connectivity index (χ4n) is 3.83. The summed E-state index contributed by atoms with van der Waals surface area (Å²) in [5.74, 6) is -0.430. The summed E-state index contributed by atoms with van der Waals surface area (Å²) >= 11 is 0. The number of allylic oxidation sites excluding steroid dienone is 1. The SMILES string of the molecule is C=CCC1(c2ccccc2)CCCCC12OCCO2. The Morgan fingerprint density at radius 1 is 1.05 bits per heavy atom. The molecule has 2 nitrogen and oxygen atoms in total. The van der Waals surface area contributed by atoms with Crippen molar-refractivity contribution >= 4 is 0 Å². The third kappa shape index (κ3) is 1.94. The van der Waals surface area contributed by atoms with Crippen molar-refractivity contribution in [2.75, 3.05) is 13.2 Å². The van der Waals surface area contributed by atoms with Crippen LogP contribution in [0.4, 0.5) is 0 Å². The molecule has 1 saturated heterocycles. The Labute approximate surface area is 115 Å². The summed E-state index contributed by atoms with van der Waals surface area (Å²) < 4.78 is 12.3. The molecule has 0 aromatic heterocycles. The predicted molar refractivity (Wildman–Crippen MR) is 76.0 cm³/mol. The summed E-state index contributed by atoms with van der Waals surface area (Å²) in [7, 11) is 0. The average molecular weight is 258 g/mol. The second-order valence-electron chi connectivity index (χ2n) is 5.60. The molecule has 1 atom stereocenters. The van der Waals surface area contributed by atoms with Gasteiger partial charge in [0.15, 0.2) is 5.79 Å². The van der Waals surface area contributed by atoms with Gasteiger partial charge < -0.3 is 9.47 Å². The minimum Gasteiger partial charge on any atom is -0.347 e. The van der Waals surface area contributed by atoms with E-state index in [1.807, 2.05) is 6.08 Å². The van der Waals surface area contributed by atoms with Crippen LogP contribution in [-0.4, -0.2) is 19.0 Å². The number of ether oxygens (including phenoxy) is 2. The molecule has 1 unspecified atom stereocenters. The molecule has 102 valence electrons. The van der Waals surface area contributed by atoms with Gasteiger partial charge in [-0.15, -0.1) is 6.58 Å². The molecule has 1 aromatic rings. The molecular formula is C17H22O2. The van der Waals surface area contributed by atoms with Crippen LogP contribution in [0.5, 0.6) is 0 Å². The van der Waals surface area contributed by atoms with Gasteiger partial charge in [-0.05, 0) is 24.8 Å². The van der Waals surface area contributed by atoms with Gasteiger partial charge in [0, 0.05) is 6.42 Å². The van der Waals surface area contributed by atoms with Crippen LogP contribution in [0.3, 0.4) is 0 Å². The molecular weight excluding hydrogens is 236 g/mol. The standard InChI is InChI=1S/C17H22O2/c1-2-10-16(15-8-4-3-5-9-15)11-6-7-12-17(16)18-13-14-19-17/h2-5,8-9H,1,6-7,10-14H2. The lowest BCUT2D eigenvalue weighted by molar-refractivity contribution is -0.226. The molecule has 1 spiro atoms. The lowest BCUT2D eigenvalue weighted by atomic mass is 9.63. The molecule has 0 bridgehead atoms. The highest BCUT2D eigenvalue weighted by Crippen LogP contribution is 2.53. The molecule has 2 aliphatic rings. The molecule has 1 aromatic carbocycles. The molecule has 3 rings (SSSR count). The molecule has 0 amide bonds. The van der Waals surface area contributed by atoms with Crippen LogP contribution in [0.15, 0.2) is 43.0 Å². The highest BCUT2D eigenvalue weighted by molar-refractivity contribution is 5.31. The van der Waals surface area contributed by atoms with E-state index < -0.39 is 5.79 Å². The van der Waals surface area contributed by atoms with Gasteiger partial charge in [0.1, 0.15) is 0 Å². The fourth-order valence-corrected chi connectivity index (χ4v) is 3.83. The Hall–Kier alpha value is -1.12. The van der Waals surface area contributed by atoms with Crippen LogP contribution < -0.4 is 0 Å². The first-order valence-electron chi connectivity index (χ1n) is 7.27. The monoisotopic (exact) mass is 258 g/mol. The normalized spacial score (nSPS) is 29.5. The van der Waals surface area contributed by atoms with Crippen molar-refractivity contribution in [3.05, 3.63) is 48.6 Å². The van der Waals surface area contributed by atoms with Crippen LogP contribution in [0.2, 0.25) is 0 Å². The zero-order valence-electron chi connectivity index (χ0n) is 11.4. The summed E-state index contributed by atoms with van der Waals surface area (Å²) in [6.07, 6.45) is 7.46. The van der Waals surface area contributed by atoms with Crippen LogP contribution in [0, 0.1) is 0 Å². The van der Waals surface area contributed by atoms with E-state index in [2.05, 4.69) is 36.9 Å². The van der Waals surface area contributed by atoms with Gasteiger partial charge in [-0.2, -0.15) is 0 Å². The van der Waals surface area contributed by atoms with E-state index in [9.17, 15) is 0 Å². The Morgan fingerprint density at radius 2 is 1.74 bits per heavy atom. The van der Waals surface area contributed by atoms with Crippen molar-refractivity contribution in [3.63, 3.8) is 0 Å². The van der Waals surface area contributed by atoms with E-state index in [-0.39, 0.29) is 5.41 Å². The first-order chi connectivity index (χ1) is 9.33. The van der Waals surface area contributed by atoms with Crippen LogP contribution in [-0.2, 0) is 14.9 Å². The summed E-state index contributed by atoms with van der Waals surface area (Å²) in [6.45, 7) is 5.40. The molecule has 2 heteroatoms. The topological polar surface area (TPSA) is 18.5 Å². The second-order valence-corrected chi connectivity index (χ2v) is 5.60. The molecule has 0 N–H and O–H groups in total. The molecule has 1 aliphatic heterocycles. The van der Waals surface area contributed by atoms with E-state index >= 15 is 0 Å². The van der Waals surface area contributed by atoms with Gasteiger partial charge in [0.05, 0.1) is 18.6 Å². The first-order valence-corrected chi connectivity index (χ1v) is 7.27. The Balaban J connectivity index is 2.09. The van der Waals surface area contributed by atoms with Crippen LogP contribution in [0.25, 0.3) is 0 Å². The quantitative estimate of drug-likeness (QED) is 0.767. The largest absolute Gasteiger partial charge is 0.347 e. The minimum absolute atomic E-state index is 0.0647. The maximum atomic E-state index is 6.13. The fraction of sp³-hybridized carbons (Fsp3) is 0.529. The Bertz CT molecular complexity index is 434. The predicted octanol–water partition coefficient (Wildman–Crippen LogP) is 3.82. The van der Waals surface area contributed by atoms with Crippen molar-refractivity contribution in [3.8, 4) is 0 Å². The minimum atomic E-state index is -0.430. The second kappa shape index (κ2) is 5.10. The molecule has 19 heavy (non-hydrogen) atoms. The molecule has 2 fully saturated rings. The van der Waals surface area contributed by atoms with E-state index in [0.29, 0.717) is 13.2 Å². The van der Waals surface area contributed by atoms with Crippen molar-refractivity contribution in [2.45, 2.75) is 43.3 Å². The van der Waals surface area contributed by atoms with Gasteiger partial charge in [0.25, 0.3) is 0 Å². The Kier molecular flexibility index (Phi) is 3.46. The summed E-state index contributed by atoms with van der Waals surface area (Å²) in [5.41, 5.74) is 1.27. The van der Waals surface area contributed by atoms with Crippen LogP contribution >= 0.6 is 0 Å². The third-order valence-electron chi connectivity index (χ3n) is 4.66. The molecule has 1 aliphatic carbocycles. The van der Waals surface area contributed by atoms with Crippen molar-refractivity contribution in [2.24, 2.45) is 0 Å². The number of rotatable bonds is 3. The lowest BCUT2D eigenvalue weighted by Crippen LogP contribution is -2.54. The summed E-state index contributed by atoms with van der Waals surface area (Å²) in [6, 6.07) is 10.7. The molecule has 0 radical (unpaired) electrons. The molecule has 1 heterocycles. The van der Waals surface area contributed by atoms with Crippen LogP contribution in [0.1, 0.15) is 37.7 Å². The van der Waals surface area contributed by atoms with E-state index in [0.717, 1.165) is 19.3 Å². The van der Waals surface area contributed by atoms with Gasteiger partial charge in [0.2, 0.25) is 0 Å². The lowest BCUT2D eigenvalue weighted by Gasteiger charge is -2.50. The van der Waals surface area contributed by atoms with E-state index in [1.54, 1.807) is 0 Å². The van der Waals surface area contributed by atoms with E-state index in [1.165, 1.54) is 18.4 Å². The van der Waals surface area contributed by atoms with Gasteiger partial charge >= 0.3 is 0 Å². The average Bonchev–Trinajstić information content (AvgIpc) is 2.93. The van der Waals surface area contributed by atoms with Crippen molar-refractivity contribution in [1.82, 2.24) is 0 Å². The van der Waals surface area contributed by atoms with Gasteiger partial charge in [-0.3, -0.25) is 0 Å². The number of hydrogen-bond donors (Lipinski definition) is 0. The van der Waals surface area contributed by atoms with Crippen molar-refractivity contribution < 1.29 is 9.47 Å². The third-order valence-corrected chi connectivity index (χ3v) is 4.66. The van der Waals surface area contributed by atoms with E-state index in [4.69, 9.17) is 9.47 Å². The summed E-state index contributed by atoms with van der Waals surface area (Å²) in [4.78, 5) is 0. The zero-order valence-corrected chi connectivity index (χ0v) is 11.4. The van der Waals surface area contributed by atoms with Gasteiger partial charge in [-0.1, -0.05) is 42.8 Å². The van der Waals surface area contributed by atoms with Gasteiger partial charge in [-0.25, -0.2) is 0 Å². The highest BCUT2D eigenvalue weighted by atomic mass is 16.7. The summed E-state index contributed by atoms with van der Waals surface area (Å²) in [5, 5.41) is 0. The zero-order chi connectivity index (χ0) is 13.2. The first kappa shape index (κ1) is 12.9. The maximum absolute atomic E-state index is 6.13. The van der Waals surface area contributed by atoms with Crippen molar-refractivity contribution in [1.29, 1.82) is 0 Å². The number of hydrogen-bond acceptors (Lipinski definition) is 2. The number of benzene rings is 1. The smallest absolute Gasteiger partial charge is 0.178 e.